The van der Waals surface area contributed by atoms with E-state index in [1.165, 1.54) is 0 Å². The third-order valence-corrected chi connectivity index (χ3v) is 1.99. The van der Waals surface area contributed by atoms with Crippen LogP contribution >= 0.6 is 0 Å². The molecule has 0 aliphatic rings. The molecule has 0 atom stereocenters. The van der Waals surface area contributed by atoms with Crippen molar-refractivity contribution in [3.63, 3.8) is 0 Å². The Hall–Kier alpha value is -0.730. The summed E-state index contributed by atoms with van der Waals surface area (Å²) in [5.74, 6) is 0.555. The van der Waals surface area contributed by atoms with Crippen LogP contribution in [0.3, 0.4) is 0 Å². The first-order valence-electron chi connectivity index (χ1n) is 4.55. The predicted octanol–water partition coefficient (Wildman–Crippen LogP) is 1.35. The van der Waals surface area contributed by atoms with Gasteiger partial charge in [0, 0.05) is 13.1 Å². The van der Waals surface area contributed by atoms with Gasteiger partial charge in [0.2, 0.25) is 0 Å². The van der Waals surface area contributed by atoms with Gasteiger partial charge < -0.3 is 11.1 Å². The first-order valence-corrected chi connectivity index (χ1v) is 4.55. The van der Waals surface area contributed by atoms with Gasteiger partial charge in [0.15, 0.2) is 5.96 Å². The molecule has 0 rings (SSSR count). The lowest BCUT2D eigenvalue weighted by Gasteiger charge is -2.19. The Morgan fingerprint density at radius 3 is 2.42 bits per heavy atom. The molecule has 12 heavy (non-hydrogen) atoms. The van der Waals surface area contributed by atoms with Crippen LogP contribution < -0.4 is 11.1 Å². The van der Waals surface area contributed by atoms with Crippen molar-refractivity contribution in [2.45, 2.75) is 34.1 Å². The Bertz CT molecular complexity index is 150. The second-order valence-corrected chi connectivity index (χ2v) is 3.75. The average Bonchev–Trinajstić information content (AvgIpc) is 2.02. The molecule has 0 bridgehead atoms. The zero-order valence-corrected chi connectivity index (χ0v) is 8.65. The topological polar surface area (TPSA) is 50.4 Å². The first-order chi connectivity index (χ1) is 5.52. The van der Waals surface area contributed by atoms with E-state index >= 15 is 0 Å². The first kappa shape index (κ1) is 11.3. The van der Waals surface area contributed by atoms with Crippen molar-refractivity contribution in [2.24, 2.45) is 16.1 Å². The van der Waals surface area contributed by atoms with E-state index in [1.54, 1.807) is 0 Å². The molecule has 0 aromatic heterocycles. The largest absolute Gasteiger partial charge is 0.370 e. The second kappa shape index (κ2) is 5.01. The summed E-state index contributed by atoms with van der Waals surface area (Å²) in [7, 11) is 0. The fraction of sp³-hybridized carbons (Fsp3) is 0.889. The summed E-state index contributed by atoms with van der Waals surface area (Å²) in [5, 5.41) is 2.97. The lowest BCUT2D eigenvalue weighted by atomic mass is 9.91. The molecule has 0 heterocycles. The highest BCUT2D eigenvalue weighted by Crippen LogP contribution is 2.19. The van der Waals surface area contributed by atoms with Gasteiger partial charge in [-0.3, -0.25) is 4.99 Å². The molecule has 0 amide bonds. The number of hydrogen-bond donors (Lipinski definition) is 2. The van der Waals surface area contributed by atoms with Gasteiger partial charge >= 0.3 is 0 Å². The fourth-order valence-electron chi connectivity index (χ4n) is 0.648. The summed E-state index contributed by atoms with van der Waals surface area (Å²) < 4.78 is 0. The van der Waals surface area contributed by atoms with E-state index in [9.17, 15) is 0 Å². The zero-order valence-electron chi connectivity index (χ0n) is 8.65. The summed E-state index contributed by atoms with van der Waals surface area (Å²) in [6.07, 6.45) is 1.12. The van der Waals surface area contributed by atoms with Gasteiger partial charge in [-0.05, 0) is 18.8 Å². The third-order valence-electron chi connectivity index (χ3n) is 1.99. The molecule has 72 valence electrons. The van der Waals surface area contributed by atoms with Gasteiger partial charge in [-0.1, -0.05) is 20.8 Å². The number of nitrogens with zero attached hydrogens (tertiary/aromatic N) is 1. The van der Waals surface area contributed by atoms with Crippen molar-refractivity contribution in [2.75, 3.05) is 13.1 Å². The maximum absolute atomic E-state index is 5.58. The number of aliphatic imine (C=N–C) groups is 1. The van der Waals surface area contributed by atoms with E-state index in [4.69, 9.17) is 5.73 Å². The smallest absolute Gasteiger partial charge is 0.188 e. The van der Waals surface area contributed by atoms with Crippen LogP contribution in [0.2, 0.25) is 0 Å². The number of guanidine groups is 1. The molecule has 3 nitrogen and oxygen atoms in total. The van der Waals surface area contributed by atoms with E-state index in [2.05, 4.69) is 31.1 Å². The molecular formula is C9H21N3. The van der Waals surface area contributed by atoms with Crippen LogP contribution in [0.15, 0.2) is 4.99 Å². The molecule has 0 unspecified atom stereocenters. The van der Waals surface area contributed by atoms with Crippen molar-refractivity contribution in [1.29, 1.82) is 0 Å². The van der Waals surface area contributed by atoms with E-state index in [0.29, 0.717) is 5.96 Å². The van der Waals surface area contributed by atoms with Crippen LogP contribution in [0.25, 0.3) is 0 Å². The second-order valence-electron chi connectivity index (χ2n) is 3.75. The molecule has 0 radical (unpaired) electrons. The minimum atomic E-state index is 0.264. The Labute approximate surface area is 75.4 Å². The molecule has 0 aromatic carbocycles. The summed E-state index contributed by atoms with van der Waals surface area (Å²) in [6.45, 7) is 10.2. The van der Waals surface area contributed by atoms with E-state index in [-0.39, 0.29) is 5.41 Å². The van der Waals surface area contributed by atoms with Crippen molar-refractivity contribution >= 4 is 5.96 Å². The Morgan fingerprint density at radius 1 is 1.42 bits per heavy atom. The Balaban J connectivity index is 3.86. The number of hydrogen-bond acceptors (Lipinski definition) is 1. The fourth-order valence-corrected chi connectivity index (χ4v) is 0.648. The highest BCUT2D eigenvalue weighted by Gasteiger charge is 2.13. The van der Waals surface area contributed by atoms with Gasteiger partial charge in [-0.2, -0.15) is 0 Å². The summed E-state index contributed by atoms with van der Waals surface area (Å²) in [5.41, 5.74) is 5.85. The molecule has 0 saturated heterocycles. The van der Waals surface area contributed by atoms with Gasteiger partial charge in [-0.25, -0.2) is 0 Å². The van der Waals surface area contributed by atoms with Gasteiger partial charge in [-0.15, -0.1) is 0 Å². The van der Waals surface area contributed by atoms with Crippen LogP contribution in [-0.4, -0.2) is 19.0 Å². The molecule has 0 aliphatic carbocycles. The molecule has 0 saturated carbocycles. The highest BCUT2D eigenvalue weighted by molar-refractivity contribution is 5.77. The van der Waals surface area contributed by atoms with E-state index < -0.39 is 0 Å². The number of rotatable bonds is 4. The van der Waals surface area contributed by atoms with Crippen molar-refractivity contribution in [3.05, 3.63) is 0 Å². The van der Waals surface area contributed by atoms with Gasteiger partial charge in [0.05, 0.1) is 0 Å². The number of nitrogens with two attached hydrogens (primary N) is 1. The minimum absolute atomic E-state index is 0.264. The standard InChI is InChI=1S/C9H21N3/c1-5-9(3,4)7-12-8(10)11-6-2/h5-7H2,1-4H3,(H3,10,11,12). The van der Waals surface area contributed by atoms with Crippen LogP contribution in [0.1, 0.15) is 34.1 Å². The molecule has 0 aromatic rings. The molecule has 0 fully saturated rings. The van der Waals surface area contributed by atoms with Crippen molar-refractivity contribution in [3.8, 4) is 0 Å². The molecule has 0 aliphatic heterocycles. The maximum atomic E-state index is 5.58. The van der Waals surface area contributed by atoms with Crippen molar-refractivity contribution < 1.29 is 0 Å². The quantitative estimate of drug-likeness (QED) is 0.495. The van der Waals surface area contributed by atoms with Crippen LogP contribution in [0.5, 0.6) is 0 Å². The molecule has 3 heteroatoms. The lowest BCUT2D eigenvalue weighted by molar-refractivity contribution is 0.365. The van der Waals surface area contributed by atoms with Crippen LogP contribution in [0.4, 0.5) is 0 Å². The third kappa shape index (κ3) is 4.99. The molecule has 0 spiro atoms. The van der Waals surface area contributed by atoms with E-state index in [1.807, 2.05) is 6.92 Å². The Kier molecular flexibility index (Phi) is 4.71. The van der Waals surface area contributed by atoms with Crippen LogP contribution in [-0.2, 0) is 0 Å². The molecular weight excluding hydrogens is 150 g/mol. The number of nitrogens with one attached hydrogen (secondary N) is 1. The predicted molar refractivity (Wildman–Crippen MR) is 54.2 cm³/mol. The minimum Gasteiger partial charge on any atom is -0.370 e. The lowest BCUT2D eigenvalue weighted by Crippen LogP contribution is -2.32. The van der Waals surface area contributed by atoms with Crippen LogP contribution in [0, 0.1) is 5.41 Å². The zero-order chi connectivity index (χ0) is 9.61. The Morgan fingerprint density at radius 2 is 2.00 bits per heavy atom. The molecule has 3 N–H and O–H groups in total. The van der Waals surface area contributed by atoms with Crippen molar-refractivity contribution in [1.82, 2.24) is 5.32 Å². The average molecular weight is 171 g/mol. The van der Waals surface area contributed by atoms with Gasteiger partial charge in [0.1, 0.15) is 0 Å². The summed E-state index contributed by atoms with van der Waals surface area (Å²) in [4.78, 5) is 4.24. The maximum Gasteiger partial charge on any atom is 0.188 e. The SMILES string of the molecule is CCNC(N)=NCC(C)(C)CC. The summed E-state index contributed by atoms with van der Waals surface area (Å²) in [6, 6.07) is 0. The van der Waals surface area contributed by atoms with Gasteiger partial charge in [0.25, 0.3) is 0 Å². The summed E-state index contributed by atoms with van der Waals surface area (Å²) >= 11 is 0. The monoisotopic (exact) mass is 171 g/mol. The van der Waals surface area contributed by atoms with E-state index in [0.717, 1.165) is 19.5 Å². The highest BCUT2D eigenvalue weighted by atomic mass is 15.1. The normalized spacial score (nSPS) is 13.2.